The zero-order chi connectivity index (χ0) is 14.0. The number of methoxy groups -OCH3 is 1. The smallest absolute Gasteiger partial charge is 0.129 e. The van der Waals surface area contributed by atoms with Crippen molar-refractivity contribution in [1.29, 1.82) is 0 Å². The second kappa shape index (κ2) is 5.59. The number of benzene rings is 1. The van der Waals surface area contributed by atoms with Crippen LogP contribution >= 0.6 is 15.9 Å². The summed E-state index contributed by atoms with van der Waals surface area (Å²) >= 11 is 3.39. The second-order valence-electron chi connectivity index (χ2n) is 4.22. The van der Waals surface area contributed by atoms with Crippen LogP contribution in [0.3, 0.4) is 0 Å². The first-order valence-corrected chi connectivity index (χ1v) is 6.56. The number of aromatic nitrogens is 1. The van der Waals surface area contributed by atoms with Gasteiger partial charge in [0, 0.05) is 21.8 Å². The van der Waals surface area contributed by atoms with E-state index < -0.39 is 6.10 Å². The van der Waals surface area contributed by atoms with Crippen molar-refractivity contribution in [3.05, 3.63) is 51.6 Å². The molecule has 5 heteroatoms. The molecular formula is C14H15BrN2O2. The number of ether oxygens (including phenoxy) is 1. The highest BCUT2D eigenvalue weighted by atomic mass is 79.9. The molecule has 0 aliphatic heterocycles. The highest BCUT2D eigenvalue weighted by Crippen LogP contribution is 2.35. The predicted octanol–water partition coefficient (Wildman–Crippen LogP) is 2.83. The van der Waals surface area contributed by atoms with Crippen LogP contribution < -0.4 is 10.5 Å². The van der Waals surface area contributed by atoms with Crippen LogP contribution in [0.2, 0.25) is 0 Å². The number of halogens is 1. The van der Waals surface area contributed by atoms with Gasteiger partial charge in [-0.15, -0.1) is 0 Å². The molecular weight excluding hydrogens is 308 g/mol. The van der Waals surface area contributed by atoms with Gasteiger partial charge in [0.25, 0.3) is 0 Å². The van der Waals surface area contributed by atoms with E-state index in [9.17, 15) is 5.11 Å². The molecule has 19 heavy (non-hydrogen) atoms. The minimum absolute atomic E-state index is 0.328. The number of nitrogens with two attached hydrogens (primary N) is 1. The quantitative estimate of drug-likeness (QED) is 0.911. The maximum Gasteiger partial charge on any atom is 0.129 e. The van der Waals surface area contributed by atoms with Crippen LogP contribution in [0.15, 0.2) is 34.9 Å². The Hall–Kier alpha value is -1.59. The molecule has 1 heterocycles. The van der Waals surface area contributed by atoms with Gasteiger partial charge in [0.15, 0.2) is 0 Å². The Morgan fingerprint density at radius 1 is 1.37 bits per heavy atom. The summed E-state index contributed by atoms with van der Waals surface area (Å²) in [6.07, 6.45) is 0.750. The Labute approximate surface area is 120 Å². The fourth-order valence-electron chi connectivity index (χ4n) is 2.02. The van der Waals surface area contributed by atoms with Crippen molar-refractivity contribution in [2.45, 2.75) is 13.0 Å². The Morgan fingerprint density at radius 2 is 2.11 bits per heavy atom. The predicted molar refractivity (Wildman–Crippen MR) is 78.1 cm³/mol. The van der Waals surface area contributed by atoms with Gasteiger partial charge in [-0.25, -0.2) is 4.98 Å². The molecule has 0 aliphatic carbocycles. The van der Waals surface area contributed by atoms with Gasteiger partial charge in [-0.1, -0.05) is 15.9 Å². The maximum atomic E-state index is 10.6. The lowest BCUT2D eigenvalue weighted by Gasteiger charge is -2.18. The molecule has 0 saturated heterocycles. The minimum atomic E-state index is -0.874. The van der Waals surface area contributed by atoms with E-state index in [1.807, 2.05) is 25.1 Å². The van der Waals surface area contributed by atoms with E-state index >= 15 is 0 Å². The number of aliphatic hydroxyl groups is 1. The van der Waals surface area contributed by atoms with Gasteiger partial charge >= 0.3 is 0 Å². The molecule has 0 aliphatic rings. The zero-order valence-corrected chi connectivity index (χ0v) is 12.3. The average Bonchev–Trinajstić information content (AvgIpc) is 2.38. The lowest BCUT2D eigenvalue weighted by atomic mass is 9.97. The van der Waals surface area contributed by atoms with Crippen molar-refractivity contribution < 1.29 is 9.84 Å². The topological polar surface area (TPSA) is 68.4 Å². The Kier molecular flexibility index (Phi) is 4.07. The van der Waals surface area contributed by atoms with Crippen molar-refractivity contribution >= 4 is 21.7 Å². The molecule has 1 atom stereocenters. The number of aryl methyl sites for hydroxylation is 1. The third kappa shape index (κ3) is 2.72. The van der Waals surface area contributed by atoms with Crippen molar-refractivity contribution in [2.75, 3.05) is 12.8 Å². The van der Waals surface area contributed by atoms with Gasteiger partial charge in [0.1, 0.15) is 17.7 Å². The molecule has 100 valence electrons. The average molecular weight is 323 g/mol. The number of pyridine rings is 1. The summed E-state index contributed by atoms with van der Waals surface area (Å²) in [4.78, 5) is 4.03. The number of rotatable bonds is 3. The first kappa shape index (κ1) is 13.8. The van der Waals surface area contributed by atoms with Gasteiger partial charge in [0.05, 0.1) is 7.11 Å². The number of anilines is 1. The fourth-order valence-corrected chi connectivity index (χ4v) is 2.40. The van der Waals surface area contributed by atoms with Crippen molar-refractivity contribution in [2.24, 2.45) is 0 Å². The van der Waals surface area contributed by atoms with Gasteiger partial charge in [-0.3, -0.25) is 0 Å². The van der Waals surface area contributed by atoms with E-state index in [4.69, 9.17) is 10.5 Å². The molecule has 0 radical (unpaired) electrons. The lowest BCUT2D eigenvalue weighted by Crippen LogP contribution is -2.09. The molecule has 0 spiro atoms. The van der Waals surface area contributed by atoms with Crippen LogP contribution in [0.4, 0.5) is 5.82 Å². The Morgan fingerprint density at radius 3 is 2.74 bits per heavy atom. The number of aliphatic hydroxyl groups excluding tert-OH is 1. The summed E-state index contributed by atoms with van der Waals surface area (Å²) < 4.78 is 6.14. The molecule has 2 aromatic rings. The number of hydrogen-bond donors (Lipinski definition) is 2. The van der Waals surface area contributed by atoms with Crippen LogP contribution in [-0.2, 0) is 0 Å². The summed E-state index contributed by atoms with van der Waals surface area (Å²) in [5.74, 6) is 0.938. The maximum absolute atomic E-state index is 10.6. The van der Waals surface area contributed by atoms with Gasteiger partial charge < -0.3 is 15.6 Å². The summed E-state index contributed by atoms with van der Waals surface area (Å²) in [5.41, 5.74) is 8.02. The van der Waals surface area contributed by atoms with Crippen molar-refractivity contribution in [1.82, 2.24) is 4.98 Å². The first-order valence-electron chi connectivity index (χ1n) is 5.77. The molecule has 0 amide bonds. The summed E-state index contributed by atoms with van der Waals surface area (Å²) in [6, 6.07) is 7.29. The van der Waals surface area contributed by atoms with E-state index in [-0.39, 0.29) is 0 Å². The molecule has 2 rings (SSSR count). The summed E-state index contributed by atoms with van der Waals surface area (Å²) in [7, 11) is 1.57. The van der Waals surface area contributed by atoms with Gasteiger partial charge in [-0.05, 0) is 36.8 Å². The Bertz CT molecular complexity index is 582. The van der Waals surface area contributed by atoms with Crippen LogP contribution in [0, 0.1) is 6.92 Å². The third-order valence-electron chi connectivity index (χ3n) is 3.00. The monoisotopic (exact) mass is 322 g/mol. The molecule has 1 aromatic heterocycles. The van der Waals surface area contributed by atoms with Crippen molar-refractivity contribution in [3.63, 3.8) is 0 Å². The highest BCUT2D eigenvalue weighted by Gasteiger charge is 2.20. The zero-order valence-electron chi connectivity index (χ0n) is 10.7. The van der Waals surface area contributed by atoms with E-state index in [1.54, 1.807) is 19.4 Å². The van der Waals surface area contributed by atoms with Crippen LogP contribution in [-0.4, -0.2) is 17.2 Å². The molecule has 0 saturated carbocycles. The van der Waals surface area contributed by atoms with Crippen LogP contribution in [0.1, 0.15) is 22.8 Å². The standard InChI is InChI=1S/C14H15BrN2O2/c1-8-5-6-17-14(16)12(8)13(18)10-7-9(15)3-4-11(10)19-2/h3-7,13,18H,1-2H3,(H2,16,17). The molecule has 1 unspecified atom stereocenters. The van der Waals surface area contributed by atoms with E-state index in [0.29, 0.717) is 22.7 Å². The molecule has 1 aromatic carbocycles. The summed E-state index contributed by atoms with van der Waals surface area (Å²) in [5, 5.41) is 10.6. The van der Waals surface area contributed by atoms with Crippen LogP contribution in [0.25, 0.3) is 0 Å². The van der Waals surface area contributed by atoms with E-state index in [0.717, 1.165) is 10.0 Å². The lowest BCUT2D eigenvalue weighted by molar-refractivity contribution is 0.214. The number of hydrogen-bond acceptors (Lipinski definition) is 4. The SMILES string of the molecule is COc1ccc(Br)cc1C(O)c1c(C)ccnc1N. The largest absolute Gasteiger partial charge is 0.496 e. The second-order valence-corrected chi connectivity index (χ2v) is 5.13. The first-order chi connectivity index (χ1) is 9.04. The normalized spacial score (nSPS) is 12.2. The number of nitrogens with zero attached hydrogens (tertiary/aromatic N) is 1. The molecule has 4 nitrogen and oxygen atoms in total. The van der Waals surface area contributed by atoms with E-state index in [1.165, 1.54) is 0 Å². The molecule has 0 fully saturated rings. The minimum Gasteiger partial charge on any atom is -0.496 e. The fraction of sp³-hybridized carbons (Fsp3) is 0.214. The summed E-state index contributed by atoms with van der Waals surface area (Å²) in [6.45, 7) is 1.89. The Balaban J connectivity index is 2.55. The van der Waals surface area contributed by atoms with Crippen LogP contribution in [0.5, 0.6) is 5.75 Å². The van der Waals surface area contributed by atoms with Gasteiger partial charge in [0.2, 0.25) is 0 Å². The van der Waals surface area contributed by atoms with Gasteiger partial charge in [-0.2, -0.15) is 0 Å². The molecule has 0 bridgehead atoms. The third-order valence-corrected chi connectivity index (χ3v) is 3.49. The number of nitrogen functional groups attached to an aromatic ring is 1. The molecule has 3 N–H and O–H groups in total. The van der Waals surface area contributed by atoms with Crippen molar-refractivity contribution in [3.8, 4) is 5.75 Å². The van der Waals surface area contributed by atoms with E-state index in [2.05, 4.69) is 20.9 Å². The highest BCUT2D eigenvalue weighted by molar-refractivity contribution is 9.10.